The minimum atomic E-state index is -0.0485. The van der Waals surface area contributed by atoms with E-state index in [4.69, 9.17) is 15.2 Å². The molecule has 124 valence electrons. The summed E-state index contributed by atoms with van der Waals surface area (Å²) in [6.45, 7) is 13.1. The topological polar surface area (TPSA) is 63.3 Å². The number of hydrogen-bond donors (Lipinski definition) is 1. The molecule has 2 N–H and O–H groups in total. The molecule has 0 aromatic rings. The summed E-state index contributed by atoms with van der Waals surface area (Å²) in [6.07, 6.45) is 0.234. The Bertz CT molecular complexity index is 352. The van der Waals surface area contributed by atoms with Crippen molar-refractivity contribution >= 4 is 29.9 Å². The molecule has 2 heterocycles. The third-order valence-corrected chi connectivity index (χ3v) is 3.76. The van der Waals surface area contributed by atoms with E-state index in [-0.39, 0.29) is 35.7 Å². The van der Waals surface area contributed by atoms with Gasteiger partial charge in [0, 0.05) is 32.7 Å². The van der Waals surface area contributed by atoms with Gasteiger partial charge in [0.1, 0.15) is 0 Å². The van der Waals surface area contributed by atoms with E-state index in [1.807, 2.05) is 0 Å². The zero-order valence-corrected chi connectivity index (χ0v) is 15.7. The van der Waals surface area contributed by atoms with Crippen molar-refractivity contribution in [3.05, 3.63) is 0 Å². The van der Waals surface area contributed by atoms with Crippen molar-refractivity contribution < 1.29 is 9.47 Å². The van der Waals surface area contributed by atoms with Gasteiger partial charge in [-0.15, -0.1) is 24.0 Å². The van der Waals surface area contributed by atoms with Gasteiger partial charge in [-0.1, -0.05) is 0 Å². The number of nitrogens with two attached hydrogens (primary N) is 1. The molecule has 0 aromatic carbocycles. The number of hydrogen-bond acceptors (Lipinski definition) is 4. The average Bonchev–Trinajstić information content (AvgIpc) is 2.37. The first-order valence-electron chi connectivity index (χ1n) is 7.49. The Morgan fingerprint density at radius 1 is 1.33 bits per heavy atom. The minimum absolute atomic E-state index is 0. The van der Waals surface area contributed by atoms with Crippen molar-refractivity contribution in [1.82, 2.24) is 9.80 Å². The van der Waals surface area contributed by atoms with Crippen LogP contribution >= 0.6 is 24.0 Å². The van der Waals surface area contributed by atoms with E-state index in [0.717, 1.165) is 52.5 Å². The highest BCUT2D eigenvalue weighted by molar-refractivity contribution is 14.0. The second-order valence-electron chi connectivity index (χ2n) is 6.25. The van der Waals surface area contributed by atoms with E-state index < -0.39 is 0 Å². The highest BCUT2D eigenvalue weighted by Crippen LogP contribution is 2.15. The summed E-state index contributed by atoms with van der Waals surface area (Å²) < 4.78 is 11.2. The van der Waals surface area contributed by atoms with E-state index in [2.05, 4.69) is 35.6 Å². The van der Waals surface area contributed by atoms with Gasteiger partial charge in [0.2, 0.25) is 0 Å². The summed E-state index contributed by atoms with van der Waals surface area (Å²) in [5, 5.41) is 0. The van der Waals surface area contributed by atoms with Crippen molar-refractivity contribution in [3.63, 3.8) is 0 Å². The van der Waals surface area contributed by atoms with Gasteiger partial charge in [0.15, 0.2) is 5.96 Å². The molecule has 0 amide bonds. The summed E-state index contributed by atoms with van der Waals surface area (Å²) in [5.41, 5.74) is 6.01. The molecule has 2 aliphatic rings. The number of guanidine groups is 1. The van der Waals surface area contributed by atoms with E-state index >= 15 is 0 Å². The maximum absolute atomic E-state index is 6.06. The van der Waals surface area contributed by atoms with Crippen LogP contribution in [0.4, 0.5) is 0 Å². The van der Waals surface area contributed by atoms with Crippen LogP contribution in [0.5, 0.6) is 0 Å². The van der Waals surface area contributed by atoms with Gasteiger partial charge < -0.3 is 20.1 Å². The van der Waals surface area contributed by atoms with Crippen LogP contribution in [-0.4, -0.2) is 79.9 Å². The minimum Gasteiger partial charge on any atom is -0.375 e. The molecule has 6 nitrogen and oxygen atoms in total. The van der Waals surface area contributed by atoms with Gasteiger partial charge in [-0.3, -0.25) is 9.89 Å². The van der Waals surface area contributed by atoms with Crippen LogP contribution in [0.2, 0.25) is 0 Å². The zero-order chi connectivity index (χ0) is 14.6. The summed E-state index contributed by atoms with van der Waals surface area (Å²) in [6, 6.07) is 0. The molecule has 2 fully saturated rings. The summed E-state index contributed by atoms with van der Waals surface area (Å²) in [7, 11) is 0. The Morgan fingerprint density at radius 2 is 2.10 bits per heavy atom. The molecular formula is C14H29IN4O2. The highest BCUT2D eigenvalue weighted by Gasteiger charge is 2.26. The molecule has 2 rings (SSSR count). The Hall–Kier alpha value is -0.120. The van der Waals surface area contributed by atoms with E-state index in [0.29, 0.717) is 5.96 Å². The molecule has 0 aliphatic carbocycles. The fourth-order valence-electron chi connectivity index (χ4n) is 2.74. The largest absolute Gasteiger partial charge is 0.375 e. The number of rotatable bonds is 3. The van der Waals surface area contributed by atoms with Crippen LogP contribution in [0.15, 0.2) is 4.99 Å². The lowest BCUT2D eigenvalue weighted by molar-refractivity contribution is -0.0850. The van der Waals surface area contributed by atoms with E-state index in [9.17, 15) is 0 Å². The van der Waals surface area contributed by atoms with Gasteiger partial charge in [-0.25, -0.2) is 0 Å². The van der Waals surface area contributed by atoms with Gasteiger partial charge >= 0.3 is 0 Å². The lowest BCUT2D eigenvalue weighted by Crippen LogP contribution is -2.49. The smallest absolute Gasteiger partial charge is 0.191 e. The number of ether oxygens (including phenoxy) is 2. The molecule has 0 bridgehead atoms. The van der Waals surface area contributed by atoms with Crippen molar-refractivity contribution in [1.29, 1.82) is 0 Å². The molecule has 1 unspecified atom stereocenters. The van der Waals surface area contributed by atoms with E-state index in [1.165, 1.54) is 0 Å². The second-order valence-corrected chi connectivity index (χ2v) is 6.25. The molecule has 0 spiro atoms. The molecule has 21 heavy (non-hydrogen) atoms. The summed E-state index contributed by atoms with van der Waals surface area (Å²) in [5.74, 6) is 0.646. The predicted molar refractivity (Wildman–Crippen MR) is 95.4 cm³/mol. The first kappa shape index (κ1) is 18.9. The Balaban J connectivity index is 0.00000220. The lowest BCUT2D eigenvalue weighted by Gasteiger charge is -2.38. The molecule has 0 saturated carbocycles. The third-order valence-electron chi connectivity index (χ3n) is 3.76. The third kappa shape index (κ3) is 6.25. The molecule has 2 saturated heterocycles. The number of nitrogens with zero attached hydrogens (tertiary/aromatic N) is 3. The van der Waals surface area contributed by atoms with Gasteiger partial charge in [0.05, 0.1) is 31.5 Å². The zero-order valence-electron chi connectivity index (χ0n) is 13.4. The van der Waals surface area contributed by atoms with Crippen LogP contribution in [-0.2, 0) is 9.47 Å². The monoisotopic (exact) mass is 412 g/mol. The molecule has 0 radical (unpaired) electrons. The first-order chi connectivity index (χ1) is 9.46. The van der Waals surface area contributed by atoms with Gasteiger partial charge in [-0.05, 0) is 20.8 Å². The standard InChI is InChI=1S/C14H28N4O2.HI/c1-12-10-18(7-8-19-12)13(15)16-4-5-17-6-9-20-14(2,3)11-17;/h12H,4-11H2,1-3H3,(H2,15,16);1H. The number of morpholine rings is 2. The maximum atomic E-state index is 6.06. The normalized spacial score (nSPS) is 27.3. The van der Waals surface area contributed by atoms with Crippen molar-refractivity contribution in [2.24, 2.45) is 10.7 Å². The molecular weight excluding hydrogens is 383 g/mol. The fraction of sp³-hybridized carbons (Fsp3) is 0.929. The van der Waals surface area contributed by atoms with Crippen molar-refractivity contribution in [2.45, 2.75) is 32.5 Å². The van der Waals surface area contributed by atoms with Crippen LogP contribution < -0.4 is 5.73 Å². The second kappa shape index (κ2) is 8.50. The fourth-order valence-corrected chi connectivity index (χ4v) is 2.74. The van der Waals surface area contributed by atoms with Crippen LogP contribution in [0.3, 0.4) is 0 Å². The van der Waals surface area contributed by atoms with Crippen LogP contribution in [0.1, 0.15) is 20.8 Å². The lowest BCUT2D eigenvalue weighted by atomic mass is 10.1. The maximum Gasteiger partial charge on any atom is 0.191 e. The van der Waals surface area contributed by atoms with Crippen LogP contribution in [0, 0.1) is 0 Å². The Morgan fingerprint density at radius 3 is 2.76 bits per heavy atom. The first-order valence-corrected chi connectivity index (χ1v) is 7.49. The Labute approximate surface area is 145 Å². The summed E-state index contributed by atoms with van der Waals surface area (Å²) in [4.78, 5) is 9.01. The summed E-state index contributed by atoms with van der Waals surface area (Å²) >= 11 is 0. The number of halogens is 1. The molecule has 2 aliphatic heterocycles. The van der Waals surface area contributed by atoms with Crippen LogP contribution in [0.25, 0.3) is 0 Å². The van der Waals surface area contributed by atoms with Crippen molar-refractivity contribution in [3.8, 4) is 0 Å². The quantitative estimate of drug-likeness (QED) is 0.421. The Kier molecular flexibility index (Phi) is 7.66. The van der Waals surface area contributed by atoms with Crippen molar-refractivity contribution in [2.75, 3.05) is 52.5 Å². The van der Waals surface area contributed by atoms with Gasteiger partial charge in [0.25, 0.3) is 0 Å². The number of aliphatic imine (C=N–C) groups is 1. The molecule has 0 aromatic heterocycles. The molecule has 1 atom stereocenters. The van der Waals surface area contributed by atoms with E-state index in [1.54, 1.807) is 0 Å². The SMILES string of the molecule is CC1CN(C(N)=NCCN2CCOC(C)(C)C2)CCO1.I. The van der Waals surface area contributed by atoms with Gasteiger partial charge in [-0.2, -0.15) is 0 Å². The molecule has 7 heteroatoms. The average molecular weight is 412 g/mol. The predicted octanol–water partition coefficient (Wildman–Crippen LogP) is 0.751. The highest BCUT2D eigenvalue weighted by atomic mass is 127.